The quantitative estimate of drug-likeness (QED) is 0.609. The first-order valence-corrected chi connectivity index (χ1v) is 11.4. The van der Waals surface area contributed by atoms with Crippen molar-refractivity contribution in [3.05, 3.63) is 48.4 Å². The highest BCUT2D eigenvalue weighted by Gasteiger charge is 2.45. The molecule has 2 fully saturated rings. The number of hydrogen-bond acceptors (Lipinski definition) is 7. The lowest BCUT2D eigenvalue weighted by Crippen LogP contribution is -2.52. The molecule has 1 amide bonds. The van der Waals surface area contributed by atoms with E-state index < -0.39 is 28.1 Å². The number of piperidine rings is 1. The summed E-state index contributed by atoms with van der Waals surface area (Å²) >= 11 is 0. The lowest BCUT2D eigenvalue weighted by Gasteiger charge is -2.36. The Morgan fingerprint density at radius 1 is 1.23 bits per heavy atom. The molecule has 166 valence electrons. The van der Waals surface area contributed by atoms with Gasteiger partial charge >= 0.3 is 12.1 Å². The normalized spacial score (nSPS) is 20.6. The van der Waals surface area contributed by atoms with Crippen molar-refractivity contribution in [2.45, 2.75) is 36.6 Å². The first kappa shape index (κ1) is 21.3. The van der Waals surface area contributed by atoms with Crippen molar-refractivity contribution in [3.8, 4) is 0 Å². The zero-order chi connectivity index (χ0) is 22.0. The second-order valence-electron chi connectivity index (χ2n) is 7.61. The number of ether oxygens (including phenoxy) is 2. The topological polar surface area (TPSA) is 111 Å². The number of nitrogens with zero attached hydrogens (tertiary/aromatic N) is 4. The molecule has 2 aliphatic rings. The maximum Gasteiger partial charge on any atom is 0.410 e. The number of amides is 1. The number of rotatable bonds is 6. The second-order valence-corrected chi connectivity index (χ2v) is 9.49. The summed E-state index contributed by atoms with van der Waals surface area (Å²) in [5, 5.41) is -0.00333. The molecule has 2 aromatic rings. The van der Waals surface area contributed by atoms with Crippen LogP contribution in [0.2, 0.25) is 0 Å². The molecule has 10 nitrogen and oxygen atoms in total. The summed E-state index contributed by atoms with van der Waals surface area (Å²) in [5.74, 6) is -0.529. The van der Waals surface area contributed by atoms with Crippen LogP contribution in [0.15, 0.2) is 47.9 Å². The standard InChI is InChI=1S/C20H24N4O6S/c1-22-11-18(21-14-22)31(27,28)23-9-7-16(8-10-23)24-17(13-30-20(24)26)19(25)29-12-15-5-3-2-4-6-15/h2-6,11,14,16-17H,7-10,12-13H2,1H3. The molecule has 2 aliphatic heterocycles. The minimum Gasteiger partial charge on any atom is -0.459 e. The average Bonchev–Trinajstić information content (AvgIpc) is 3.39. The van der Waals surface area contributed by atoms with Crippen LogP contribution in [0.5, 0.6) is 0 Å². The minimum atomic E-state index is -3.70. The van der Waals surface area contributed by atoms with Gasteiger partial charge in [-0.1, -0.05) is 30.3 Å². The number of aryl methyl sites for hydroxylation is 1. The molecule has 1 aromatic carbocycles. The van der Waals surface area contributed by atoms with Crippen LogP contribution in [-0.4, -0.2) is 71.0 Å². The molecule has 1 atom stereocenters. The fraction of sp³-hybridized carbons (Fsp3) is 0.450. The summed E-state index contributed by atoms with van der Waals surface area (Å²) in [4.78, 5) is 30.3. The fourth-order valence-corrected chi connectivity index (χ4v) is 5.29. The summed E-state index contributed by atoms with van der Waals surface area (Å²) in [6.07, 6.45) is 3.10. The van der Waals surface area contributed by atoms with Gasteiger partial charge in [-0.25, -0.2) is 23.0 Å². The predicted octanol–water partition coefficient (Wildman–Crippen LogP) is 1.14. The van der Waals surface area contributed by atoms with Gasteiger partial charge in [-0.15, -0.1) is 0 Å². The molecule has 31 heavy (non-hydrogen) atoms. The third-order valence-electron chi connectivity index (χ3n) is 5.51. The number of aromatic nitrogens is 2. The molecular weight excluding hydrogens is 424 g/mol. The maximum atomic E-state index is 12.8. The van der Waals surface area contributed by atoms with Gasteiger partial charge in [0.1, 0.15) is 13.2 Å². The molecule has 11 heteroatoms. The summed E-state index contributed by atoms with van der Waals surface area (Å²) < 4.78 is 38.9. The van der Waals surface area contributed by atoms with Crippen LogP contribution in [0.1, 0.15) is 18.4 Å². The van der Waals surface area contributed by atoms with E-state index in [1.54, 1.807) is 11.6 Å². The van der Waals surface area contributed by atoms with E-state index in [1.165, 1.54) is 21.7 Å². The van der Waals surface area contributed by atoms with Crippen LogP contribution in [0.3, 0.4) is 0 Å². The molecule has 1 unspecified atom stereocenters. The van der Waals surface area contributed by atoms with Gasteiger partial charge in [0, 0.05) is 32.4 Å². The molecule has 2 saturated heterocycles. The number of benzene rings is 1. The van der Waals surface area contributed by atoms with Crippen molar-refractivity contribution in [1.29, 1.82) is 0 Å². The van der Waals surface area contributed by atoms with Crippen molar-refractivity contribution in [3.63, 3.8) is 0 Å². The highest BCUT2D eigenvalue weighted by Crippen LogP contribution is 2.27. The van der Waals surface area contributed by atoms with Crippen LogP contribution in [0.25, 0.3) is 0 Å². The summed E-state index contributed by atoms with van der Waals surface area (Å²) in [5.41, 5.74) is 0.848. The highest BCUT2D eigenvalue weighted by atomic mass is 32.2. The van der Waals surface area contributed by atoms with Crippen LogP contribution in [0, 0.1) is 0 Å². The average molecular weight is 449 g/mol. The third kappa shape index (κ3) is 4.42. The number of carbonyl (C=O) groups excluding carboxylic acids is 2. The Bertz CT molecular complexity index is 1050. The Balaban J connectivity index is 1.38. The molecule has 0 aliphatic carbocycles. The summed E-state index contributed by atoms with van der Waals surface area (Å²) in [6, 6.07) is 8.13. The van der Waals surface area contributed by atoms with Gasteiger partial charge < -0.3 is 14.0 Å². The number of sulfonamides is 1. The molecule has 0 radical (unpaired) electrons. The molecule has 1 aromatic heterocycles. The van der Waals surface area contributed by atoms with Crippen LogP contribution in [0.4, 0.5) is 4.79 Å². The van der Waals surface area contributed by atoms with E-state index in [2.05, 4.69) is 4.98 Å². The number of carbonyl (C=O) groups is 2. The lowest BCUT2D eigenvalue weighted by molar-refractivity contribution is -0.150. The molecular formula is C20H24N4O6S. The molecule has 0 spiro atoms. The molecule has 0 N–H and O–H groups in total. The lowest BCUT2D eigenvalue weighted by atomic mass is 10.0. The molecule has 4 rings (SSSR count). The van der Waals surface area contributed by atoms with Gasteiger partial charge in [-0.3, -0.25) is 4.90 Å². The Morgan fingerprint density at radius 3 is 2.58 bits per heavy atom. The van der Waals surface area contributed by atoms with Crippen molar-refractivity contribution in [1.82, 2.24) is 18.8 Å². The third-order valence-corrected chi connectivity index (χ3v) is 7.29. The van der Waals surface area contributed by atoms with Crippen LogP contribution < -0.4 is 0 Å². The summed E-state index contributed by atoms with van der Waals surface area (Å²) in [6.45, 7) is 0.482. The second kappa shape index (κ2) is 8.67. The van der Waals surface area contributed by atoms with Crippen molar-refractivity contribution in [2.24, 2.45) is 7.05 Å². The van der Waals surface area contributed by atoms with E-state index >= 15 is 0 Å². The number of imidazole rings is 1. The Labute approximate surface area is 180 Å². The van der Waals surface area contributed by atoms with E-state index in [0.29, 0.717) is 12.8 Å². The van der Waals surface area contributed by atoms with E-state index in [0.717, 1.165) is 5.56 Å². The Kier molecular flexibility index (Phi) is 5.96. The predicted molar refractivity (Wildman–Crippen MR) is 108 cm³/mol. The van der Waals surface area contributed by atoms with Crippen molar-refractivity contribution >= 4 is 22.1 Å². The number of cyclic esters (lactones) is 1. The van der Waals surface area contributed by atoms with Gasteiger partial charge in [-0.05, 0) is 18.4 Å². The van der Waals surface area contributed by atoms with Crippen LogP contribution in [-0.2, 0) is 37.9 Å². The Hall–Kier alpha value is -2.92. The first-order chi connectivity index (χ1) is 14.9. The van der Waals surface area contributed by atoms with E-state index in [9.17, 15) is 18.0 Å². The zero-order valence-corrected chi connectivity index (χ0v) is 17.9. The summed E-state index contributed by atoms with van der Waals surface area (Å²) in [7, 11) is -1.99. The van der Waals surface area contributed by atoms with Gasteiger partial charge in [-0.2, -0.15) is 4.31 Å². The SMILES string of the molecule is Cn1cnc(S(=O)(=O)N2CCC(N3C(=O)OCC3C(=O)OCc3ccccc3)CC2)c1. The first-order valence-electron chi connectivity index (χ1n) is 10.00. The molecule has 0 bridgehead atoms. The zero-order valence-electron chi connectivity index (χ0n) is 17.1. The van der Waals surface area contributed by atoms with Crippen molar-refractivity contribution in [2.75, 3.05) is 19.7 Å². The van der Waals surface area contributed by atoms with Crippen molar-refractivity contribution < 1.29 is 27.5 Å². The minimum absolute atomic E-state index is 0.00333. The fourth-order valence-electron chi connectivity index (χ4n) is 3.86. The molecule has 0 saturated carbocycles. The maximum absolute atomic E-state index is 12.8. The van der Waals surface area contributed by atoms with E-state index in [1.807, 2.05) is 30.3 Å². The van der Waals surface area contributed by atoms with Crippen LogP contribution >= 0.6 is 0 Å². The smallest absolute Gasteiger partial charge is 0.410 e. The number of esters is 1. The van der Waals surface area contributed by atoms with Gasteiger partial charge in [0.2, 0.25) is 0 Å². The number of hydrogen-bond donors (Lipinski definition) is 0. The Morgan fingerprint density at radius 2 is 1.94 bits per heavy atom. The van der Waals surface area contributed by atoms with E-state index in [-0.39, 0.29) is 37.4 Å². The highest BCUT2D eigenvalue weighted by molar-refractivity contribution is 7.89. The monoisotopic (exact) mass is 448 g/mol. The van der Waals surface area contributed by atoms with Gasteiger partial charge in [0.15, 0.2) is 11.1 Å². The van der Waals surface area contributed by atoms with Gasteiger partial charge in [0.25, 0.3) is 10.0 Å². The molecule has 3 heterocycles. The van der Waals surface area contributed by atoms with Gasteiger partial charge in [0.05, 0.1) is 6.33 Å². The van der Waals surface area contributed by atoms with E-state index in [4.69, 9.17) is 9.47 Å². The largest absolute Gasteiger partial charge is 0.459 e.